The van der Waals surface area contributed by atoms with Gasteiger partial charge in [0.15, 0.2) is 34.9 Å². The second-order valence-electron chi connectivity index (χ2n) is 37.9. The van der Waals surface area contributed by atoms with Crippen molar-refractivity contribution in [2.24, 2.45) is 0 Å². The predicted octanol–water partition coefficient (Wildman–Crippen LogP) is 37.5. The van der Waals surface area contributed by atoms with Crippen LogP contribution in [-0.4, -0.2) is 29.9 Å². The first-order chi connectivity index (χ1) is 72.7. The fourth-order valence-electron chi connectivity index (χ4n) is 21.6. The average Bonchev–Trinajstić information content (AvgIpc) is 1.71. The van der Waals surface area contributed by atoms with Crippen molar-refractivity contribution in [3.63, 3.8) is 0 Å². The van der Waals surface area contributed by atoms with Crippen LogP contribution in [-0.2, 0) is 0 Å². The summed E-state index contributed by atoms with van der Waals surface area (Å²) in [5.74, 6) is 3.88. The standard InChI is InChI=1S/C48H30O.2C45H27N3O/c1-2-11-31(12-3-1)38-25-39(36-22-21-32-13-4-5-14-33(32)23-36)27-40(26-38)45-29-41(24-37-17-8-9-18-42(37)45)43-19-10-20-44-46-28-34-15-6-7-16-35(34)30-47(46)49-48(43)44;1-2-11-29(12-3-1)43-46-44(48-45(47-43)38-18-8-15-28-10-6-7-16-36(28)38)35-23-21-32-24-34(22-20-33(32)25-35)37-17-9-19-40-42(37)39-26-30-13-4-5-14-31(30)27-41(39)49-40;1-2-10-30(11-3-1)43-46-44(36-20-17-28-9-4-5-12-31(28)23-36)48-45(47-43)37-16-8-15-29-18-19-34(24-38(29)37)35-21-22-41-39(26-35)40-25-32-13-6-7-14-33(32)27-42(40)49-41/h1-30H;2*1-27H. The Morgan fingerprint density at radius 2 is 0.435 bits per heavy atom. The fourth-order valence-corrected chi connectivity index (χ4v) is 21.6. The molecule has 0 radical (unpaired) electrons. The van der Waals surface area contributed by atoms with Crippen LogP contribution in [0.3, 0.4) is 0 Å². The number of nitrogens with zero attached hydrogens (tertiary/aromatic N) is 6. The molecule has 0 atom stereocenters. The first-order valence-corrected chi connectivity index (χ1v) is 49.7. The number of furan rings is 3. The van der Waals surface area contributed by atoms with Crippen molar-refractivity contribution in [3.05, 3.63) is 510 Å². The van der Waals surface area contributed by atoms with Crippen LogP contribution in [0.5, 0.6) is 0 Å². The Morgan fingerprint density at radius 1 is 0.116 bits per heavy atom. The van der Waals surface area contributed by atoms with E-state index in [4.69, 9.17) is 43.2 Å². The van der Waals surface area contributed by atoms with Crippen LogP contribution in [0.1, 0.15) is 0 Å². The summed E-state index contributed by atoms with van der Waals surface area (Å²) in [4.78, 5) is 30.2. The number of para-hydroxylation sites is 1. The molecule has 30 rings (SSSR count). The summed E-state index contributed by atoms with van der Waals surface area (Å²) >= 11 is 0. The van der Waals surface area contributed by atoms with E-state index in [-0.39, 0.29) is 0 Å². The minimum Gasteiger partial charge on any atom is -0.456 e. The van der Waals surface area contributed by atoms with Gasteiger partial charge < -0.3 is 13.3 Å². The van der Waals surface area contributed by atoms with Gasteiger partial charge >= 0.3 is 0 Å². The summed E-state index contributed by atoms with van der Waals surface area (Å²) in [6.07, 6.45) is 0. The van der Waals surface area contributed by atoms with Crippen molar-refractivity contribution in [1.29, 1.82) is 0 Å². The Bertz CT molecular complexity index is 10600. The van der Waals surface area contributed by atoms with Gasteiger partial charge in [0, 0.05) is 71.3 Å². The third-order valence-corrected chi connectivity index (χ3v) is 28.9. The van der Waals surface area contributed by atoms with E-state index < -0.39 is 0 Å². The second-order valence-corrected chi connectivity index (χ2v) is 37.9. The van der Waals surface area contributed by atoms with Crippen molar-refractivity contribution in [1.82, 2.24) is 29.9 Å². The molecule has 0 bridgehead atoms. The predicted molar refractivity (Wildman–Crippen MR) is 611 cm³/mol. The molecule has 0 aliphatic heterocycles. The average molecular weight is 1870 g/mol. The molecule has 0 fully saturated rings. The lowest BCUT2D eigenvalue weighted by Crippen LogP contribution is -2.00. The number of rotatable bonds is 12. The maximum absolute atomic E-state index is 6.69. The third-order valence-electron chi connectivity index (χ3n) is 28.9. The summed E-state index contributed by atoms with van der Waals surface area (Å²) in [6, 6.07) is 180. The van der Waals surface area contributed by atoms with E-state index >= 15 is 0 Å². The third kappa shape index (κ3) is 15.8. The molecule has 0 spiro atoms. The highest BCUT2D eigenvalue weighted by atomic mass is 16.3. The van der Waals surface area contributed by atoms with Gasteiger partial charge in [0.2, 0.25) is 0 Å². The smallest absolute Gasteiger partial charge is 0.164 e. The number of benzene rings is 25. The molecule has 684 valence electrons. The van der Waals surface area contributed by atoms with E-state index in [1.807, 2.05) is 60.7 Å². The van der Waals surface area contributed by atoms with Crippen LogP contribution in [0.4, 0.5) is 0 Å². The van der Waals surface area contributed by atoms with Crippen molar-refractivity contribution >= 4 is 163 Å². The Balaban J connectivity index is 0.000000107. The first kappa shape index (κ1) is 85.3. The maximum atomic E-state index is 6.69. The molecule has 5 aromatic heterocycles. The molecule has 5 heterocycles. The number of hydrogen-bond donors (Lipinski definition) is 0. The highest BCUT2D eigenvalue weighted by molar-refractivity contribution is 6.18. The minimum absolute atomic E-state index is 0.642. The lowest BCUT2D eigenvalue weighted by molar-refractivity contribution is 0.669. The van der Waals surface area contributed by atoms with Crippen LogP contribution in [0.15, 0.2) is 523 Å². The molecule has 0 amide bonds. The Kier molecular flexibility index (Phi) is 20.8. The Labute approximate surface area is 844 Å². The van der Waals surface area contributed by atoms with Crippen LogP contribution in [0.25, 0.3) is 298 Å². The molecule has 0 unspecified atom stereocenters. The summed E-state index contributed by atoms with van der Waals surface area (Å²) in [6.45, 7) is 0. The molecular formula is C138H84N6O3. The molecule has 0 saturated heterocycles. The SMILES string of the molecule is c1ccc(-c2cc(-c3ccc4ccccc4c3)cc(-c3cc(-c4cccc5c4oc4cc6ccccc6cc45)cc4ccccc34)c2)cc1.c1ccc(-c2nc(-c3ccc4cc(-c5cccc6oc7cc8ccccc8cc7c56)ccc4c3)nc(-c3cccc4ccccc34)n2)cc1.c1ccc(-c2nc(-c3ccc4ccccc4c3)nc(-c3cccc4ccc(-c5ccc6oc7cc8ccccc8cc7c6c5)cc34)n2)cc1. The monoisotopic (exact) mass is 1870 g/mol. The summed E-state index contributed by atoms with van der Waals surface area (Å²) in [5, 5.41) is 27.9. The van der Waals surface area contributed by atoms with Crippen LogP contribution in [0.2, 0.25) is 0 Å². The molecule has 9 heteroatoms. The van der Waals surface area contributed by atoms with Crippen LogP contribution in [0, 0.1) is 0 Å². The van der Waals surface area contributed by atoms with Gasteiger partial charge in [-0.25, -0.2) is 29.9 Å². The molecular weight excluding hydrogens is 1790 g/mol. The van der Waals surface area contributed by atoms with Gasteiger partial charge in [-0.15, -0.1) is 0 Å². The van der Waals surface area contributed by atoms with Crippen molar-refractivity contribution in [2.75, 3.05) is 0 Å². The second kappa shape index (κ2) is 35.8. The van der Waals surface area contributed by atoms with Gasteiger partial charge in [-0.2, -0.15) is 0 Å². The number of aromatic nitrogens is 6. The van der Waals surface area contributed by atoms with Gasteiger partial charge in [-0.3, -0.25) is 0 Å². The van der Waals surface area contributed by atoms with Gasteiger partial charge in [0.05, 0.1) is 0 Å². The lowest BCUT2D eigenvalue weighted by atomic mass is 9.88. The molecule has 0 N–H and O–H groups in total. The zero-order chi connectivity index (χ0) is 96.9. The summed E-state index contributed by atoms with van der Waals surface area (Å²) in [5.41, 5.74) is 25.1. The van der Waals surface area contributed by atoms with Gasteiger partial charge in [-0.1, -0.05) is 394 Å². The van der Waals surface area contributed by atoms with Crippen LogP contribution < -0.4 is 0 Å². The fraction of sp³-hybridized carbons (Fsp3) is 0. The highest BCUT2D eigenvalue weighted by Crippen LogP contribution is 2.47. The van der Waals surface area contributed by atoms with E-state index in [9.17, 15) is 0 Å². The van der Waals surface area contributed by atoms with Crippen molar-refractivity contribution in [2.45, 2.75) is 0 Å². The van der Waals surface area contributed by atoms with Crippen molar-refractivity contribution in [3.8, 4) is 135 Å². The van der Waals surface area contributed by atoms with E-state index in [1.54, 1.807) is 0 Å². The summed E-state index contributed by atoms with van der Waals surface area (Å²) in [7, 11) is 0. The number of hydrogen-bond acceptors (Lipinski definition) is 9. The zero-order valence-corrected chi connectivity index (χ0v) is 79.4. The first-order valence-electron chi connectivity index (χ1n) is 49.7. The Morgan fingerprint density at radius 3 is 1.02 bits per heavy atom. The normalized spacial score (nSPS) is 11.7. The maximum Gasteiger partial charge on any atom is 0.164 e. The zero-order valence-electron chi connectivity index (χ0n) is 79.4. The Hall–Kier alpha value is -19.7. The lowest BCUT2D eigenvalue weighted by Gasteiger charge is -2.15. The molecule has 25 aromatic carbocycles. The largest absolute Gasteiger partial charge is 0.456 e. The molecule has 30 aromatic rings. The molecule has 9 nitrogen and oxygen atoms in total. The quantitative estimate of drug-likeness (QED) is 0.118. The molecule has 0 saturated carbocycles. The van der Waals surface area contributed by atoms with Gasteiger partial charge in [0.1, 0.15) is 33.5 Å². The van der Waals surface area contributed by atoms with E-state index in [1.165, 1.54) is 92.6 Å². The molecule has 147 heavy (non-hydrogen) atoms. The summed E-state index contributed by atoms with van der Waals surface area (Å²) < 4.78 is 19.4. The molecule has 0 aliphatic rings. The van der Waals surface area contributed by atoms with Crippen LogP contribution >= 0.6 is 0 Å². The van der Waals surface area contributed by atoms with E-state index in [2.05, 4.69) is 449 Å². The highest BCUT2D eigenvalue weighted by Gasteiger charge is 2.24. The van der Waals surface area contributed by atoms with Gasteiger partial charge in [0.25, 0.3) is 0 Å². The molecule has 0 aliphatic carbocycles. The van der Waals surface area contributed by atoms with E-state index in [0.29, 0.717) is 34.9 Å². The topological polar surface area (TPSA) is 117 Å². The van der Waals surface area contributed by atoms with E-state index in [0.717, 1.165) is 170 Å². The van der Waals surface area contributed by atoms with Crippen molar-refractivity contribution < 1.29 is 13.3 Å². The number of fused-ring (bicyclic) bond motifs is 18. The minimum atomic E-state index is 0.642. The van der Waals surface area contributed by atoms with Gasteiger partial charge in [-0.05, 0) is 273 Å².